The molecular formula is C11H18O4. The van der Waals surface area contributed by atoms with Gasteiger partial charge in [0, 0.05) is 12.8 Å². The van der Waals surface area contributed by atoms with Gasteiger partial charge in [-0.15, -0.1) is 0 Å². The van der Waals surface area contributed by atoms with E-state index in [4.69, 9.17) is 18.9 Å². The summed E-state index contributed by atoms with van der Waals surface area (Å²) >= 11 is 0. The van der Waals surface area contributed by atoms with Crippen LogP contribution >= 0.6 is 0 Å². The predicted molar refractivity (Wildman–Crippen MR) is 52.6 cm³/mol. The lowest BCUT2D eigenvalue weighted by molar-refractivity contribution is -0.236. The second-order valence-electron chi connectivity index (χ2n) is 4.69. The van der Waals surface area contributed by atoms with Crippen LogP contribution in [0.5, 0.6) is 0 Å². The Balaban J connectivity index is 1.63. The first kappa shape index (κ1) is 10.0. The van der Waals surface area contributed by atoms with E-state index in [-0.39, 0.29) is 11.4 Å². The molecule has 0 aromatic heterocycles. The van der Waals surface area contributed by atoms with Crippen LogP contribution in [0, 0.1) is 0 Å². The summed E-state index contributed by atoms with van der Waals surface area (Å²) in [4.78, 5) is 0. The topological polar surface area (TPSA) is 36.9 Å². The van der Waals surface area contributed by atoms with Crippen LogP contribution in [-0.4, -0.2) is 44.4 Å². The minimum Gasteiger partial charge on any atom is -0.376 e. The van der Waals surface area contributed by atoms with Gasteiger partial charge < -0.3 is 18.9 Å². The highest BCUT2D eigenvalue weighted by molar-refractivity contribution is 4.93. The molecule has 2 aliphatic heterocycles. The Labute approximate surface area is 89.8 Å². The van der Waals surface area contributed by atoms with Crippen molar-refractivity contribution in [2.75, 3.05) is 33.0 Å². The normalized spacial score (nSPS) is 33.6. The van der Waals surface area contributed by atoms with E-state index in [1.54, 1.807) is 0 Å². The minimum absolute atomic E-state index is 0.0428. The van der Waals surface area contributed by atoms with Gasteiger partial charge in [0.2, 0.25) is 0 Å². The third kappa shape index (κ3) is 1.80. The molecule has 0 aromatic rings. The monoisotopic (exact) mass is 214 g/mol. The second-order valence-corrected chi connectivity index (χ2v) is 4.69. The molecule has 0 bridgehead atoms. The molecule has 4 nitrogen and oxygen atoms in total. The quantitative estimate of drug-likeness (QED) is 0.605. The van der Waals surface area contributed by atoms with Crippen molar-refractivity contribution in [2.24, 2.45) is 0 Å². The lowest BCUT2D eigenvalue weighted by atomic mass is 9.81. The first-order chi connectivity index (χ1) is 7.33. The Morgan fingerprint density at radius 3 is 1.93 bits per heavy atom. The first-order valence-electron chi connectivity index (χ1n) is 5.82. The number of ether oxygens (including phenoxy) is 4. The molecule has 3 fully saturated rings. The molecule has 15 heavy (non-hydrogen) atoms. The molecular weight excluding hydrogens is 196 g/mol. The number of hydrogen-bond donors (Lipinski definition) is 0. The van der Waals surface area contributed by atoms with Gasteiger partial charge in [-0.05, 0) is 12.8 Å². The van der Waals surface area contributed by atoms with E-state index in [2.05, 4.69) is 0 Å². The van der Waals surface area contributed by atoms with E-state index in [1.165, 1.54) is 0 Å². The van der Waals surface area contributed by atoms with E-state index in [0.29, 0.717) is 0 Å². The summed E-state index contributed by atoms with van der Waals surface area (Å²) in [6, 6.07) is 0. The van der Waals surface area contributed by atoms with E-state index in [9.17, 15) is 0 Å². The molecule has 0 aromatic carbocycles. The van der Waals surface area contributed by atoms with Gasteiger partial charge in [-0.1, -0.05) is 0 Å². The fourth-order valence-corrected chi connectivity index (χ4v) is 2.78. The number of hydrogen-bond acceptors (Lipinski definition) is 4. The van der Waals surface area contributed by atoms with Crippen molar-refractivity contribution in [3.63, 3.8) is 0 Å². The van der Waals surface area contributed by atoms with Crippen LogP contribution in [0.4, 0.5) is 0 Å². The maximum Gasteiger partial charge on any atom is 0.168 e. The maximum absolute atomic E-state index is 5.87. The molecule has 1 saturated carbocycles. The zero-order valence-corrected chi connectivity index (χ0v) is 9.00. The smallest absolute Gasteiger partial charge is 0.168 e. The van der Waals surface area contributed by atoms with Crippen molar-refractivity contribution >= 4 is 0 Å². The summed E-state index contributed by atoms with van der Waals surface area (Å²) in [5.41, 5.74) is -0.0428. The summed E-state index contributed by atoms with van der Waals surface area (Å²) in [6.45, 7) is 3.69. The van der Waals surface area contributed by atoms with Crippen LogP contribution < -0.4 is 0 Å². The van der Waals surface area contributed by atoms with Crippen LogP contribution in [0.3, 0.4) is 0 Å². The summed E-state index contributed by atoms with van der Waals surface area (Å²) in [5.74, 6) is -0.286. The van der Waals surface area contributed by atoms with E-state index >= 15 is 0 Å². The van der Waals surface area contributed by atoms with Crippen LogP contribution in [0.25, 0.3) is 0 Å². The van der Waals surface area contributed by atoms with E-state index in [1.807, 2.05) is 0 Å². The van der Waals surface area contributed by atoms with Crippen molar-refractivity contribution in [2.45, 2.75) is 37.1 Å². The molecule has 0 radical (unpaired) electrons. The third-order valence-electron chi connectivity index (χ3n) is 3.74. The van der Waals surface area contributed by atoms with E-state index in [0.717, 1.165) is 58.7 Å². The summed E-state index contributed by atoms with van der Waals surface area (Å²) in [7, 11) is 0. The predicted octanol–water partition coefficient (Wildman–Crippen LogP) is 1.09. The molecule has 0 atom stereocenters. The van der Waals surface area contributed by atoms with Crippen LogP contribution in [0.1, 0.15) is 25.7 Å². The van der Waals surface area contributed by atoms with Crippen molar-refractivity contribution < 1.29 is 18.9 Å². The molecule has 0 unspecified atom stereocenters. The molecule has 0 amide bonds. The molecule has 2 saturated heterocycles. The summed E-state index contributed by atoms with van der Waals surface area (Å²) in [6.07, 6.45) is 3.87. The minimum atomic E-state index is -0.286. The Bertz CT molecular complexity index is 217. The highest BCUT2D eigenvalue weighted by atomic mass is 16.7. The largest absolute Gasteiger partial charge is 0.376 e. The molecule has 0 N–H and O–H groups in total. The highest BCUT2D eigenvalue weighted by Gasteiger charge is 2.47. The fourth-order valence-electron chi connectivity index (χ4n) is 2.78. The van der Waals surface area contributed by atoms with Crippen molar-refractivity contribution in [3.05, 3.63) is 0 Å². The second kappa shape index (κ2) is 3.70. The standard InChI is InChI=1S/C11H18O4/c1-3-11(14-7-8-15-11)4-2-10(1)9-12-5-6-13-10/h1-9H2. The molecule has 3 rings (SSSR count). The van der Waals surface area contributed by atoms with Gasteiger partial charge in [0.05, 0.1) is 38.6 Å². The van der Waals surface area contributed by atoms with Gasteiger partial charge in [-0.2, -0.15) is 0 Å². The Hall–Kier alpha value is -0.160. The van der Waals surface area contributed by atoms with Gasteiger partial charge in [-0.25, -0.2) is 0 Å². The molecule has 1 aliphatic carbocycles. The Kier molecular flexibility index (Phi) is 2.47. The fraction of sp³-hybridized carbons (Fsp3) is 1.00. The maximum atomic E-state index is 5.87. The van der Waals surface area contributed by atoms with Gasteiger partial charge >= 0.3 is 0 Å². The Morgan fingerprint density at radius 2 is 1.33 bits per heavy atom. The van der Waals surface area contributed by atoms with Crippen LogP contribution in [0.2, 0.25) is 0 Å². The van der Waals surface area contributed by atoms with Crippen LogP contribution in [0.15, 0.2) is 0 Å². The molecule has 3 aliphatic rings. The van der Waals surface area contributed by atoms with E-state index < -0.39 is 0 Å². The summed E-state index contributed by atoms with van der Waals surface area (Å²) in [5, 5.41) is 0. The molecule has 86 valence electrons. The SMILES string of the molecule is C1COC2(CCC3(CC2)OCCO3)CO1. The molecule has 2 heterocycles. The first-order valence-corrected chi connectivity index (χ1v) is 5.82. The van der Waals surface area contributed by atoms with Gasteiger partial charge in [0.25, 0.3) is 0 Å². The lowest BCUT2D eigenvalue weighted by Gasteiger charge is -2.45. The number of rotatable bonds is 0. The summed E-state index contributed by atoms with van der Waals surface area (Å²) < 4.78 is 22.8. The van der Waals surface area contributed by atoms with Crippen molar-refractivity contribution in [1.29, 1.82) is 0 Å². The van der Waals surface area contributed by atoms with Gasteiger partial charge in [-0.3, -0.25) is 0 Å². The molecule has 2 spiro atoms. The Morgan fingerprint density at radius 1 is 0.667 bits per heavy atom. The zero-order chi connectivity index (χ0) is 10.2. The lowest BCUT2D eigenvalue weighted by Crippen LogP contribution is -2.50. The zero-order valence-electron chi connectivity index (χ0n) is 9.00. The molecule has 4 heteroatoms. The van der Waals surface area contributed by atoms with Crippen molar-refractivity contribution in [3.8, 4) is 0 Å². The average molecular weight is 214 g/mol. The van der Waals surface area contributed by atoms with Gasteiger partial charge in [0.1, 0.15) is 0 Å². The average Bonchev–Trinajstić information content (AvgIpc) is 2.74. The van der Waals surface area contributed by atoms with Crippen molar-refractivity contribution in [1.82, 2.24) is 0 Å². The highest BCUT2D eigenvalue weighted by Crippen LogP contribution is 2.42. The third-order valence-corrected chi connectivity index (χ3v) is 3.74. The van der Waals surface area contributed by atoms with Crippen LogP contribution in [-0.2, 0) is 18.9 Å². The van der Waals surface area contributed by atoms with Gasteiger partial charge in [0.15, 0.2) is 5.79 Å².